The van der Waals surface area contributed by atoms with Gasteiger partial charge in [-0.2, -0.15) is 5.26 Å². The quantitative estimate of drug-likeness (QED) is 0.296. The molecule has 1 aromatic rings. The smallest absolute Gasteiger partial charge is 0.150 e. The molecule has 0 bridgehead atoms. The van der Waals surface area contributed by atoms with Gasteiger partial charge in [0.25, 0.3) is 0 Å². The zero-order chi connectivity index (χ0) is 25.8. The minimum Gasteiger partial charge on any atom is -0.298 e. The fourth-order valence-corrected chi connectivity index (χ4v) is 10.9. The fraction of sp³-hybridized carbons (Fsp3) is 0.733. The van der Waals surface area contributed by atoms with Crippen molar-refractivity contribution in [3.05, 3.63) is 33.8 Å². The number of carbonyl (C=O) groups excluding carboxylic acids is 1. The van der Waals surface area contributed by atoms with E-state index in [9.17, 15) is 4.79 Å². The van der Waals surface area contributed by atoms with E-state index in [1.54, 1.807) is 0 Å². The van der Waals surface area contributed by atoms with Gasteiger partial charge in [0.2, 0.25) is 0 Å². The van der Waals surface area contributed by atoms with E-state index in [4.69, 9.17) is 28.5 Å². The maximum absolute atomic E-state index is 13.4. The number of Topliss-reactive ketones (excluding diaryl/α,β-unsaturated/α-hetero) is 1. The van der Waals surface area contributed by atoms with Gasteiger partial charge >= 0.3 is 0 Å². The molecule has 2 saturated carbocycles. The summed E-state index contributed by atoms with van der Waals surface area (Å²) in [6.45, 7) is 2.25. The van der Waals surface area contributed by atoms with Crippen LogP contribution < -0.4 is 5.32 Å². The number of nitriles is 1. The highest BCUT2D eigenvalue weighted by Gasteiger charge is 2.45. The van der Waals surface area contributed by atoms with Crippen LogP contribution in [0.3, 0.4) is 0 Å². The second-order valence-electron chi connectivity index (χ2n) is 12.1. The molecule has 3 fully saturated rings. The Balaban J connectivity index is 1.25. The molecular formula is C30H44Cl2N2OS. The molecule has 4 atom stereocenters. The van der Waals surface area contributed by atoms with Crippen molar-refractivity contribution in [2.75, 3.05) is 17.8 Å². The van der Waals surface area contributed by atoms with Crippen LogP contribution in [0.15, 0.2) is 18.2 Å². The Bertz CT molecular complexity index is 957. The molecule has 2 aliphatic carbocycles. The van der Waals surface area contributed by atoms with Crippen molar-refractivity contribution >= 4 is 39.0 Å². The van der Waals surface area contributed by atoms with Crippen molar-refractivity contribution in [2.24, 2.45) is 17.3 Å². The molecule has 3 aliphatic rings. The SMILES string of the molecule is CCS1(C)CC(C(=O)CCC2CCCC3(CC2)CC(CCCCC#N)C3)NC1c1ccc(Cl)cc1Cl. The van der Waals surface area contributed by atoms with E-state index in [1.165, 1.54) is 57.8 Å². The lowest BCUT2D eigenvalue weighted by Gasteiger charge is -2.48. The average molecular weight is 552 g/mol. The topological polar surface area (TPSA) is 52.9 Å². The van der Waals surface area contributed by atoms with Crippen LogP contribution in [-0.2, 0) is 4.79 Å². The molecule has 4 unspecified atom stereocenters. The van der Waals surface area contributed by atoms with E-state index in [2.05, 4.69) is 24.6 Å². The first kappa shape index (κ1) is 28.3. The molecule has 3 nitrogen and oxygen atoms in total. The zero-order valence-electron chi connectivity index (χ0n) is 22.2. The summed E-state index contributed by atoms with van der Waals surface area (Å²) in [7, 11) is -1.02. The second-order valence-corrected chi connectivity index (χ2v) is 17.0. The van der Waals surface area contributed by atoms with E-state index in [0.717, 1.165) is 35.8 Å². The predicted octanol–water partition coefficient (Wildman–Crippen LogP) is 8.83. The van der Waals surface area contributed by atoms with Gasteiger partial charge in [-0.3, -0.25) is 10.1 Å². The van der Waals surface area contributed by atoms with Crippen molar-refractivity contribution in [3.63, 3.8) is 0 Å². The van der Waals surface area contributed by atoms with Crippen LogP contribution in [0.5, 0.6) is 0 Å². The van der Waals surface area contributed by atoms with E-state index in [0.29, 0.717) is 40.0 Å². The Hall–Kier alpha value is -0.730. The Kier molecular flexibility index (Phi) is 9.76. The van der Waals surface area contributed by atoms with Gasteiger partial charge in [0.1, 0.15) is 0 Å². The maximum Gasteiger partial charge on any atom is 0.150 e. The molecule has 1 heterocycles. The first-order valence-corrected chi connectivity index (χ1v) is 17.3. The van der Waals surface area contributed by atoms with Gasteiger partial charge in [-0.05, 0) is 91.9 Å². The monoisotopic (exact) mass is 550 g/mol. The molecule has 0 radical (unpaired) electrons. The summed E-state index contributed by atoms with van der Waals surface area (Å²) in [5.41, 5.74) is 1.69. The molecule has 1 saturated heterocycles. The van der Waals surface area contributed by atoms with Gasteiger partial charge in [0.05, 0.1) is 17.5 Å². The molecule has 1 aromatic carbocycles. The van der Waals surface area contributed by atoms with Gasteiger partial charge in [0.15, 0.2) is 5.78 Å². The van der Waals surface area contributed by atoms with Crippen LogP contribution in [0.25, 0.3) is 0 Å². The molecule has 36 heavy (non-hydrogen) atoms. The van der Waals surface area contributed by atoms with Crippen LogP contribution in [0.2, 0.25) is 10.0 Å². The lowest BCUT2D eigenvalue weighted by Crippen LogP contribution is -2.36. The summed E-state index contributed by atoms with van der Waals surface area (Å²) in [6, 6.07) is 7.99. The summed E-state index contributed by atoms with van der Waals surface area (Å²) < 4.78 is 0. The van der Waals surface area contributed by atoms with E-state index >= 15 is 0 Å². The molecule has 0 amide bonds. The summed E-state index contributed by atoms with van der Waals surface area (Å²) in [5.74, 6) is 4.03. The van der Waals surface area contributed by atoms with Crippen LogP contribution >= 0.6 is 33.2 Å². The van der Waals surface area contributed by atoms with Gasteiger partial charge in [-0.25, -0.2) is 10.0 Å². The fourth-order valence-electron chi connectivity index (χ4n) is 7.22. The Labute approximate surface area is 230 Å². The number of carbonyl (C=O) groups is 1. The van der Waals surface area contributed by atoms with Gasteiger partial charge in [-0.1, -0.05) is 61.9 Å². The molecule has 200 valence electrons. The number of benzene rings is 1. The second kappa shape index (κ2) is 12.4. The Morgan fingerprint density at radius 3 is 2.69 bits per heavy atom. The van der Waals surface area contributed by atoms with Crippen LogP contribution in [0, 0.1) is 28.6 Å². The summed E-state index contributed by atoms with van der Waals surface area (Å²) in [4.78, 5) is 13.4. The molecule has 1 spiro atoms. The van der Waals surface area contributed by atoms with Crippen LogP contribution in [-0.4, -0.2) is 29.6 Å². The van der Waals surface area contributed by atoms with Crippen molar-refractivity contribution in [3.8, 4) is 6.07 Å². The number of nitrogens with one attached hydrogen (secondary N) is 1. The van der Waals surface area contributed by atoms with Gasteiger partial charge < -0.3 is 0 Å². The minimum atomic E-state index is -1.02. The largest absolute Gasteiger partial charge is 0.298 e. The number of nitrogens with zero attached hydrogens (tertiary/aromatic N) is 1. The maximum atomic E-state index is 13.4. The van der Waals surface area contributed by atoms with Crippen LogP contribution in [0.4, 0.5) is 0 Å². The Morgan fingerprint density at radius 2 is 1.97 bits per heavy atom. The van der Waals surface area contributed by atoms with Gasteiger partial charge in [0, 0.05) is 28.6 Å². The highest BCUT2D eigenvalue weighted by molar-refractivity contribution is 8.33. The molecule has 1 aliphatic heterocycles. The number of unbranched alkanes of at least 4 members (excludes halogenated alkanes) is 2. The number of hydrogen-bond acceptors (Lipinski definition) is 3. The normalized spacial score (nSPS) is 36.0. The number of hydrogen-bond donors (Lipinski definition) is 1. The van der Waals surface area contributed by atoms with Crippen molar-refractivity contribution in [1.82, 2.24) is 5.32 Å². The Morgan fingerprint density at radius 1 is 1.17 bits per heavy atom. The lowest BCUT2D eigenvalue weighted by molar-refractivity contribution is -0.120. The van der Waals surface area contributed by atoms with Gasteiger partial charge in [-0.15, -0.1) is 0 Å². The summed E-state index contributed by atoms with van der Waals surface area (Å²) in [5, 5.41) is 14.0. The molecular weight excluding hydrogens is 507 g/mol. The standard InChI is InChI=1S/C30H44Cl2N2OS/c1-3-36(2)21-27(34-29(36)25-12-11-24(31)18-26(25)32)28(35)13-10-22-9-7-15-30(16-14-22)19-23(20-30)8-5-4-6-17-33/h11-12,18,22-23,27,29,34H,3-10,13-16,19-21H2,1-2H3. The van der Waals surface area contributed by atoms with Crippen molar-refractivity contribution in [1.29, 1.82) is 5.26 Å². The first-order valence-electron chi connectivity index (χ1n) is 14.1. The summed E-state index contributed by atoms with van der Waals surface area (Å²) >= 11 is 12.7. The third-order valence-corrected chi connectivity index (χ3v) is 14.1. The zero-order valence-corrected chi connectivity index (χ0v) is 24.5. The number of ketones is 1. The van der Waals surface area contributed by atoms with Crippen molar-refractivity contribution < 1.29 is 4.79 Å². The predicted molar refractivity (Wildman–Crippen MR) is 155 cm³/mol. The summed E-state index contributed by atoms with van der Waals surface area (Å²) in [6.07, 6.45) is 17.9. The molecule has 4 rings (SSSR count). The van der Waals surface area contributed by atoms with E-state index in [-0.39, 0.29) is 11.4 Å². The minimum absolute atomic E-state index is 0.0489. The molecule has 0 aromatic heterocycles. The molecule has 1 N–H and O–H groups in total. The third kappa shape index (κ3) is 6.63. The number of rotatable bonds is 10. The molecule has 6 heteroatoms. The van der Waals surface area contributed by atoms with E-state index in [1.807, 2.05) is 18.2 Å². The third-order valence-electron chi connectivity index (χ3n) is 9.56. The number of halogens is 2. The van der Waals surface area contributed by atoms with Crippen molar-refractivity contribution in [2.45, 2.75) is 102 Å². The highest BCUT2D eigenvalue weighted by atomic mass is 35.5. The van der Waals surface area contributed by atoms with E-state index < -0.39 is 10.0 Å². The highest BCUT2D eigenvalue weighted by Crippen LogP contribution is 2.61. The first-order chi connectivity index (χ1) is 17.3. The van der Waals surface area contributed by atoms with Crippen LogP contribution in [0.1, 0.15) is 101 Å². The lowest BCUT2D eigenvalue weighted by atomic mass is 9.57. The average Bonchev–Trinajstić information content (AvgIpc) is 3.04.